The van der Waals surface area contributed by atoms with Crippen molar-refractivity contribution < 1.29 is 4.42 Å². The van der Waals surface area contributed by atoms with Crippen LogP contribution in [0.1, 0.15) is 37.4 Å². The van der Waals surface area contributed by atoms with Crippen LogP contribution in [-0.4, -0.2) is 13.6 Å². The number of rotatable bonds is 4. The van der Waals surface area contributed by atoms with E-state index in [1.54, 1.807) is 6.26 Å². The summed E-state index contributed by atoms with van der Waals surface area (Å²) in [5.74, 6) is 2.57. The van der Waals surface area contributed by atoms with Gasteiger partial charge in [-0.25, -0.2) is 0 Å². The van der Waals surface area contributed by atoms with Gasteiger partial charge in [0.05, 0.1) is 6.26 Å². The molecule has 0 spiro atoms. The van der Waals surface area contributed by atoms with Gasteiger partial charge in [-0.15, -0.1) is 0 Å². The first-order valence-corrected chi connectivity index (χ1v) is 5.60. The van der Waals surface area contributed by atoms with Crippen molar-refractivity contribution in [1.29, 1.82) is 0 Å². The van der Waals surface area contributed by atoms with E-state index in [2.05, 4.69) is 11.4 Å². The maximum atomic E-state index is 5.52. The maximum absolute atomic E-state index is 5.52. The highest BCUT2D eigenvalue weighted by Crippen LogP contribution is 2.36. The van der Waals surface area contributed by atoms with Crippen molar-refractivity contribution in [3.63, 3.8) is 0 Å². The van der Waals surface area contributed by atoms with Crippen molar-refractivity contribution in [3.8, 4) is 0 Å². The zero-order chi connectivity index (χ0) is 9.80. The predicted molar refractivity (Wildman–Crippen MR) is 57.3 cm³/mol. The first-order chi connectivity index (χ1) is 6.92. The van der Waals surface area contributed by atoms with Gasteiger partial charge in [0.2, 0.25) is 0 Å². The standard InChI is InChI=1S/C12H19NO/c1-13-9-11(10-5-2-3-6-10)12-7-4-8-14-12/h4,7-8,10-11,13H,2-3,5-6,9H2,1H3. The third kappa shape index (κ3) is 2.01. The Labute approximate surface area is 85.7 Å². The molecule has 14 heavy (non-hydrogen) atoms. The van der Waals surface area contributed by atoms with Crippen LogP contribution in [0.5, 0.6) is 0 Å². The third-order valence-electron chi connectivity index (χ3n) is 3.30. The van der Waals surface area contributed by atoms with E-state index in [9.17, 15) is 0 Å². The highest BCUT2D eigenvalue weighted by Gasteiger charge is 2.27. The minimum atomic E-state index is 0.581. The summed E-state index contributed by atoms with van der Waals surface area (Å²) in [6, 6.07) is 4.10. The summed E-state index contributed by atoms with van der Waals surface area (Å²) in [5, 5.41) is 3.27. The van der Waals surface area contributed by atoms with Gasteiger partial charge in [-0.2, -0.15) is 0 Å². The van der Waals surface area contributed by atoms with Gasteiger partial charge in [0.25, 0.3) is 0 Å². The number of hydrogen-bond acceptors (Lipinski definition) is 2. The fourth-order valence-electron chi connectivity index (χ4n) is 2.58. The van der Waals surface area contributed by atoms with Gasteiger partial charge in [0.1, 0.15) is 5.76 Å². The topological polar surface area (TPSA) is 25.2 Å². The summed E-state index contributed by atoms with van der Waals surface area (Å²) < 4.78 is 5.52. The molecule has 1 heterocycles. The molecule has 78 valence electrons. The Balaban J connectivity index is 2.06. The van der Waals surface area contributed by atoms with E-state index in [4.69, 9.17) is 4.42 Å². The molecule has 0 saturated heterocycles. The Hall–Kier alpha value is -0.760. The van der Waals surface area contributed by atoms with Crippen LogP contribution in [0, 0.1) is 5.92 Å². The minimum absolute atomic E-state index is 0.581. The van der Waals surface area contributed by atoms with Crippen molar-refractivity contribution in [1.82, 2.24) is 5.32 Å². The van der Waals surface area contributed by atoms with Crippen molar-refractivity contribution in [3.05, 3.63) is 24.2 Å². The lowest BCUT2D eigenvalue weighted by Gasteiger charge is -2.20. The number of hydrogen-bond donors (Lipinski definition) is 1. The fourth-order valence-corrected chi connectivity index (χ4v) is 2.58. The zero-order valence-corrected chi connectivity index (χ0v) is 8.83. The highest BCUT2D eigenvalue weighted by molar-refractivity contribution is 5.08. The van der Waals surface area contributed by atoms with Crippen LogP contribution < -0.4 is 5.32 Å². The van der Waals surface area contributed by atoms with Gasteiger partial charge in [0, 0.05) is 12.5 Å². The lowest BCUT2D eigenvalue weighted by atomic mass is 9.89. The lowest BCUT2D eigenvalue weighted by Crippen LogP contribution is -2.22. The molecule has 0 radical (unpaired) electrons. The average Bonchev–Trinajstić information content (AvgIpc) is 2.87. The summed E-state index contributed by atoms with van der Waals surface area (Å²) >= 11 is 0. The molecule has 2 rings (SSSR count). The van der Waals surface area contributed by atoms with E-state index >= 15 is 0 Å². The van der Waals surface area contributed by atoms with Gasteiger partial charge in [-0.3, -0.25) is 0 Å². The summed E-state index contributed by atoms with van der Waals surface area (Å²) in [5.41, 5.74) is 0. The van der Waals surface area contributed by atoms with E-state index < -0.39 is 0 Å². The predicted octanol–water partition coefficient (Wildman–Crippen LogP) is 2.77. The van der Waals surface area contributed by atoms with Crippen molar-refractivity contribution in [2.45, 2.75) is 31.6 Å². The molecule has 1 aromatic heterocycles. The molecule has 1 fully saturated rings. The van der Waals surface area contributed by atoms with Gasteiger partial charge in [-0.05, 0) is 37.9 Å². The smallest absolute Gasteiger partial charge is 0.108 e. The van der Waals surface area contributed by atoms with Gasteiger partial charge >= 0.3 is 0 Å². The van der Waals surface area contributed by atoms with Crippen molar-refractivity contribution in [2.24, 2.45) is 5.92 Å². The minimum Gasteiger partial charge on any atom is -0.469 e. The SMILES string of the molecule is CNCC(c1ccco1)C1CCCC1. The van der Waals surface area contributed by atoms with E-state index in [1.807, 2.05) is 13.1 Å². The normalized spacial score (nSPS) is 20.1. The summed E-state index contributed by atoms with van der Waals surface area (Å²) in [6.45, 7) is 1.04. The Bertz CT molecular complexity index is 249. The van der Waals surface area contributed by atoms with Gasteiger partial charge in [0.15, 0.2) is 0 Å². The second kappa shape index (κ2) is 4.65. The van der Waals surface area contributed by atoms with Crippen LogP contribution in [0.15, 0.2) is 22.8 Å². The quantitative estimate of drug-likeness (QED) is 0.795. The maximum Gasteiger partial charge on any atom is 0.108 e. The molecule has 2 heteroatoms. The molecular weight excluding hydrogens is 174 g/mol. The molecule has 0 aromatic carbocycles. The van der Waals surface area contributed by atoms with E-state index in [1.165, 1.54) is 25.7 Å². The number of likely N-dealkylation sites (N-methyl/N-ethyl adjacent to an activating group) is 1. The zero-order valence-electron chi connectivity index (χ0n) is 8.83. The molecular formula is C12H19NO. The van der Waals surface area contributed by atoms with Crippen LogP contribution in [-0.2, 0) is 0 Å². The Morgan fingerprint density at radius 2 is 2.29 bits per heavy atom. The second-order valence-corrected chi connectivity index (χ2v) is 4.22. The molecule has 0 amide bonds. The summed E-state index contributed by atoms with van der Waals surface area (Å²) in [6.07, 6.45) is 7.31. The van der Waals surface area contributed by atoms with E-state index in [0.29, 0.717) is 5.92 Å². The molecule has 1 saturated carbocycles. The molecule has 1 aliphatic rings. The van der Waals surface area contributed by atoms with Crippen LogP contribution in [0.4, 0.5) is 0 Å². The number of furan rings is 1. The molecule has 1 atom stereocenters. The van der Waals surface area contributed by atoms with E-state index in [0.717, 1.165) is 18.2 Å². The molecule has 1 aromatic rings. The average molecular weight is 193 g/mol. The highest BCUT2D eigenvalue weighted by atomic mass is 16.3. The van der Waals surface area contributed by atoms with E-state index in [-0.39, 0.29) is 0 Å². The Morgan fingerprint density at radius 3 is 2.86 bits per heavy atom. The lowest BCUT2D eigenvalue weighted by molar-refractivity contribution is 0.354. The number of nitrogens with one attached hydrogen (secondary N) is 1. The van der Waals surface area contributed by atoms with Crippen LogP contribution >= 0.6 is 0 Å². The van der Waals surface area contributed by atoms with Crippen molar-refractivity contribution >= 4 is 0 Å². The Morgan fingerprint density at radius 1 is 1.50 bits per heavy atom. The molecule has 1 N–H and O–H groups in total. The molecule has 0 bridgehead atoms. The molecule has 2 nitrogen and oxygen atoms in total. The summed E-state index contributed by atoms with van der Waals surface area (Å²) in [7, 11) is 2.02. The monoisotopic (exact) mass is 193 g/mol. The first-order valence-electron chi connectivity index (χ1n) is 5.60. The van der Waals surface area contributed by atoms with Crippen LogP contribution in [0.3, 0.4) is 0 Å². The second-order valence-electron chi connectivity index (χ2n) is 4.22. The van der Waals surface area contributed by atoms with Crippen LogP contribution in [0.25, 0.3) is 0 Å². The van der Waals surface area contributed by atoms with Crippen molar-refractivity contribution in [2.75, 3.05) is 13.6 Å². The summed E-state index contributed by atoms with van der Waals surface area (Å²) in [4.78, 5) is 0. The molecule has 1 aliphatic carbocycles. The first kappa shape index (κ1) is 9.78. The molecule has 0 aliphatic heterocycles. The Kier molecular flexibility index (Phi) is 3.25. The largest absolute Gasteiger partial charge is 0.469 e. The van der Waals surface area contributed by atoms with Gasteiger partial charge in [-0.1, -0.05) is 12.8 Å². The fraction of sp³-hybridized carbons (Fsp3) is 0.667. The van der Waals surface area contributed by atoms with Gasteiger partial charge < -0.3 is 9.73 Å². The third-order valence-corrected chi connectivity index (χ3v) is 3.30. The van der Waals surface area contributed by atoms with Crippen LogP contribution in [0.2, 0.25) is 0 Å². The molecule has 1 unspecified atom stereocenters.